The predicted molar refractivity (Wildman–Crippen MR) is 105 cm³/mol. The molecule has 3 rings (SSSR count). The molecule has 0 radical (unpaired) electrons. The second-order valence-electron chi connectivity index (χ2n) is 5.90. The van der Waals surface area contributed by atoms with E-state index in [2.05, 4.69) is 21.7 Å². The van der Waals surface area contributed by atoms with Gasteiger partial charge in [0.2, 0.25) is 5.75 Å². The average molecular weight is 369 g/mol. The van der Waals surface area contributed by atoms with E-state index < -0.39 is 0 Å². The molecular weight excluding hydrogens is 346 g/mol. The van der Waals surface area contributed by atoms with Crippen LogP contribution in [-0.4, -0.2) is 38.9 Å². The van der Waals surface area contributed by atoms with E-state index in [0.29, 0.717) is 29.5 Å². The van der Waals surface area contributed by atoms with Crippen LogP contribution < -0.4 is 24.8 Å². The lowest BCUT2D eigenvalue weighted by Gasteiger charge is -2.15. The highest BCUT2D eigenvalue weighted by Gasteiger charge is 2.14. The van der Waals surface area contributed by atoms with Crippen LogP contribution in [0.4, 0.5) is 10.5 Å². The van der Waals surface area contributed by atoms with Crippen molar-refractivity contribution in [1.82, 2.24) is 10.3 Å². The summed E-state index contributed by atoms with van der Waals surface area (Å²) in [6, 6.07) is 11.2. The van der Waals surface area contributed by atoms with Gasteiger partial charge in [-0.05, 0) is 18.1 Å². The number of aromatic amines is 1. The molecule has 0 aliphatic rings. The number of carbonyl (C=O) groups excluding carboxylic acids is 1. The Bertz CT molecular complexity index is 911. The van der Waals surface area contributed by atoms with E-state index in [-0.39, 0.29) is 6.03 Å². The van der Waals surface area contributed by atoms with Gasteiger partial charge in [-0.3, -0.25) is 0 Å². The fourth-order valence-corrected chi connectivity index (χ4v) is 2.98. The van der Waals surface area contributed by atoms with Gasteiger partial charge in [-0.1, -0.05) is 18.2 Å². The molecule has 3 N–H and O–H groups in total. The van der Waals surface area contributed by atoms with Gasteiger partial charge in [0.15, 0.2) is 11.5 Å². The van der Waals surface area contributed by atoms with Crippen LogP contribution in [0, 0.1) is 0 Å². The first-order valence-corrected chi connectivity index (χ1v) is 8.56. The van der Waals surface area contributed by atoms with Crippen molar-refractivity contribution in [2.45, 2.75) is 6.42 Å². The number of H-pyrrole nitrogens is 1. The summed E-state index contributed by atoms with van der Waals surface area (Å²) in [7, 11) is 4.59. The molecule has 1 aromatic heterocycles. The van der Waals surface area contributed by atoms with Crippen LogP contribution in [0.5, 0.6) is 17.2 Å². The van der Waals surface area contributed by atoms with Gasteiger partial charge in [0.05, 0.1) is 27.0 Å². The zero-order chi connectivity index (χ0) is 19.2. The van der Waals surface area contributed by atoms with Crippen molar-refractivity contribution in [3.8, 4) is 17.2 Å². The lowest BCUT2D eigenvalue weighted by molar-refractivity contribution is 0.252. The minimum absolute atomic E-state index is 0.302. The van der Waals surface area contributed by atoms with Crippen molar-refractivity contribution in [2.24, 2.45) is 0 Å². The van der Waals surface area contributed by atoms with Gasteiger partial charge in [0.1, 0.15) is 0 Å². The molecule has 0 aliphatic carbocycles. The van der Waals surface area contributed by atoms with E-state index in [1.807, 2.05) is 24.4 Å². The summed E-state index contributed by atoms with van der Waals surface area (Å²) in [5.74, 6) is 1.43. The molecule has 2 amide bonds. The summed E-state index contributed by atoms with van der Waals surface area (Å²) in [6.45, 7) is 0.512. The number of carbonyl (C=O) groups is 1. The Morgan fingerprint density at radius 2 is 1.74 bits per heavy atom. The molecule has 7 heteroatoms. The highest BCUT2D eigenvalue weighted by molar-refractivity contribution is 5.90. The molecule has 3 aromatic rings. The lowest BCUT2D eigenvalue weighted by Crippen LogP contribution is -2.30. The number of urea groups is 1. The number of fused-ring (bicyclic) bond motifs is 1. The van der Waals surface area contributed by atoms with Crippen molar-refractivity contribution in [3.05, 3.63) is 48.2 Å². The van der Waals surface area contributed by atoms with Gasteiger partial charge < -0.3 is 29.8 Å². The molecule has 0 bridgehead atoms. The number of para-hydroxylation sites is 1. The fourth-order valence-electron chi connectivity index (χ4n) is 2.98. The zero-order valence-electron chi connectivity index (χ0n) is 15.6. The number of amides is 2. The van der Waals surface area contributed by atoms with Crippen LogP contribution in [0.2, 0.25) is 0 Å². The number of methoxy groups -OCH3 is 3. The number of anilines is 1. The summed E-state index contributed by atoms with van der Waals surface area (Å²) in [5.41, 5.74) is 2.81. The Morgan fingerprint density at radius 1 is 1.04 bits per heavy atom. The Balaban J connectivity index is 1.61. The third-order valence-corrected chi connectivity index (χ3v) is 4.28. The molecule has 0 saturated carbocycles. The van der Waals surface area contributed by atoms with Crippen LogP contribution in [0.25, 0.3) is 10.9 Å². The largest absolute Gasteiger partial charge is 0.493 e. The number of nitrogens with one attached hydrogen (secondary N) is 3. The minimum atomic E-state index is -0.302. The molecule has 0 unspecified atom stereocenters. The molecule has 0 atom stereocenters. The summed E-state index contributed by atoms with van der Waals surface area (Å²) in [5, 5.41) is 6.82. The molecule has 0 fully saturated rings. The van der Waals surface area contributed by atoms with Crippen molar-refractivity contribution in [3.63, 3.8) is 0 Å². The Labute approximate surface area is 157 Å². The predicted octanol–water partition coefficient (Wildman–Crippen LogP) is 3.56. The van der Waals surface area contributed by atoms with Crippen LogP contribution in [0.3, 0.4) is 0 Å². The molecular formula is C20H23N3O4. The van der Waals surface area contributed by atoms with Crippen molar-refractivity contribution in [2.75, 3.05) is 33.2 Å². The normalized spacial score (nSPS) is 10.5. The summed E-state index contributed by atoms with van der Waals surface area (Å²) in [4.78, 5) is 15.4. The molecule has 1 heterocycles. The molecule has 142 valence electrons. The molecule has 2 aromatic carbocycles. The molecule has 0 saturated heterocycles. The minimum Gasteiger partial charge on any atom is -0.493 e. The first kappa shape index (κ1) is 18.4. The highest BCUT2D eigenvalue weighted by Crippen LogP contribution is 2.39. The molecule has 7 nitrogen and oxygen atoms in total. The number of hydrogen-bond donors (Lipinski definition) is 3. The first-order chi connectivity index (χ1) is 13.2. The molecule has 0 aliphatic heterocycles. The standard InChI is InChI=1S/C20H23N3O4/c1-25-17-10-14(11-18(26-2)19(17)27-3)23-20(24)21-9-8-13-12-22-16-7-5-4-6-15(13)16/h4-7,10-12,22H,8-9H2,1-3H3,(H2,21,23,24). The van der Waals surface area contributed by atoms with Gasteiger partial charge in [-0.25, -0.2) is 4.79 Å². The Morgan fingerprint density at radius 3 is 2.41 bits per heavy atom. The number of benzene rings is 2. The quantitative estimate of drug-likeness (QED) is 0.594. The lowest BCUT2D eigenvalue weighted by atomic mass is 10.1. The van der Waals surface area contributed by atoms with Crippen LogP contribution >= 0.6 is 0 Å². The van der Waals surface area contributed by atoms with E-state index in [0.717, 1.165) is 11.9 Å². The van der Waals surface area contributed by atoms with Gasteiger partial charge in [-0.2, -0.15) is 0 Å². The second-order valence-corrected chi connectivity index (χ2v) is 5.90. The maximum Gasteiger partial charge on any atom is 0.319 e. The smallest absolute Gasteiger partial charge is 0.319 e. The summed E-state index contributed by atoms with van der Waals surface area (Å²) >= 11 is 0. The number of hydrogen-bond acceptors (Lipinski definition) is 4. The Hall–Kier alpha value is -3.35. The second kappa shape index (κ2) is 8.35. The van der Waals surface area contributed by atoms with Crippen molar-refractivity contribution >= 4 is 22.6 Å². The summed E-state index contributed by atoms with van der Waals surface area (Å²) < 4.78 is 15.9. The van der Waals surface area contributed by atoms with Crippen molar-refractivity contribution in [1.29, 1.82) is 0 Å². The van der Waals surface area contributed by atoms with Gasteiger partial charge >= 0.3 is 6.03 Å². The number of rotatable bonds is 7. The third kappa shape index (κ3) is 4.08. The Kier molecular flexibility index (Phi) is 5.71. The van der Waals surface area contributed by atoms with E-state index in [9.17, 15) is 4.79 Å². The zero-order valence-corrected chi connectivity index (χ0v) is 15.6. The van der Waals surface area contributed by atoms with Crippen molar-refractivity contribution < 1.29 is 19.0 Å². The third-order valence-electron chi connectivity index (χ3n) is 4.28. The van der Waals surface area contributed by atoms with E-state index in [4.69, 9.17) is 14.2 Å². The van der Waals surface area contributed by atoms with Crippen LogP contribution in [0.15, 0.2) is 42.6 Å². The number of aromatic nitrogens is 1. The SMILES string of the molecule is COc1cc(NC(=O)NCCc2c[nH]c3ccccc23)cc(OC)c1OC. The first-order valence-electron chi connectivity index (χ1n) is 8.56. The monoisotopic (exact) mass is 369 g/mol. The number of ether oxygens (including phenoxy) is 3. The molecule has 0 spiro atoms. The maximum atomic E-state index is 12.2. The van der Waals surface area contributed by atoms with Crippen LogP contribution in [-0.2, 0) is 6.42 Å². The average Bonchev–Trinajstić information content (AvgIpc) is 3.10. The van der Waals surface area contributed by atoms with Gasteiger partial charge in [-0.15, -0.1) is 0 Å². The van der Waals surface area contributed by atoms with E-state index in [1.165, 1.54) is 32.3 Å². The molecule has 27 heavy (non-hydrogen) atoms. The topological polar surface area (TPSA) is 84.6 Å². The maximum absolute atomic E-state index is 12.2. The van der Waals surface area contributed by atoms with Gasteiger partial charge in [0, 0.05) is 35.8 Å². The van der Waals surface area contributed by atoms with Gasteiger partial charge in [0.25, 0.3) is 0 Å². The highest BCUT2D eigenvalue weighted by atomic mass is 16.5. The van der Waals surface area contributed by atoms with E-state index >= 15 is 0 Å². The van der Waals surface area contributed by atoms with E-state index in [1.54, 1.807) is 12.1 Å². The fraction of sp³-hybridized carbons (Fsp3) is 0.250. The summed E-state index contributed by atoms with van der Waals surface area (Å²) in [6.07, 6.45) is 2.70. The van der Waals surface area contributed by atoms with Crippen LogP contribution in [0.1, 0.15) is 5.56 Å².